The van der Waals surface area contributed by atoms with E-state index in [1.807, 2.05) is 37.4 Å². The molecule has 2 heterocycles. The van der Waals surface area contributed by atoms with Gasteiger partial charge in [0.15, 0.2) is 0 Å². The molecule has 2 rings (SSSR count). The lowest BCUT2D eigenvalue weighted by molar-refractivity contribution is 0.0184. The number of amides is 1. The molecule has 0 unspecified atom stereocenters. The molecule has 1 saturated heterocycles. The number of hydrogen-bond acceptors (Lipinski definition) is 5. The lowest BCUT2D eigenvalue weighted by Gasteiger charge is -2.33. The van der Waals surface area contributed by atoms with Gasteiger partial charge in [0.1, 0.15) is 5.60 Å². The molecule has 118 valence electrons. The molecular weight excluding hydrogens is 286 g/mol. The zero-order valence-electron chi connectivity index (χ0n) is 13.1. The van der Waals surface area contributed by atoms with Crippen molar-refractivity contribution in [1.29, 1.82) is 0 Å². The third-order valence-corrected chi connectivity index (χ3v) is 4.26. The average molecular weight is 311 g/mol. The number of rotatable bonds is 4. The first kappa shape index (κ1) is 16.2. The van der Waals surface area contributed by atoms with Crippen LogP contribution in [0.15, 0.2) is 11.7 Å². The van der Waals surface area contributed by atoms with Gasteiger partial charge in [-0.2, -0.15) is 0 Å². The molecule has 1 amide bonds. The molecule has 0 atom stereocenters. The summed E-state index contributed by atoms with van der Waals surface area (Å²) in [5.74, 6) is 0.636. The van der Waals surface area contributed by atoms with Crippen molar-refractivity contribution in [3.05, 3.63) is 16.6 Å². The molecular formula is C15H25N3O2S. The molecule has 0 aliphatic carbocycles. The number of hydrogen-bond donors (Lipinski definition) is 1. The Hall–Kier alpha value is -1.14. The fraction of sp³-hybridized carbons (Fsp3) is 0.733. The Labute approximate surface area is 130 Å². The van der Waals surface area contributed by atoms with E-state index in [9.17, 15) is 4.79 Å². The van der Waals surface area contributed by atoms with Gasteiger partial charge < -0.3 is 15.0 Å². The van der Waals surface area contributed by atoms with Crippen LogP contribution in [-0.2, 0) is 11.3 Å². The third kappa shape index (κ3) is 5.63. The van der Waals surface area contributed by atoms with E-state index < -0.39 is 5.60 Å². The van der Waals surface area contributed by atoms with Crippen LogP contribution in [0.25, 0.3) is 0 Å². The smallest absolute Gasteiger partial charge is 0.410 e. The van der Waals surface area contributed by atoms with Crippen LogP contribution in [0.5, 0.6) is 0 Å². The first-order valence-corrected chi connectivity index (χ1v) is 8.38. The normalized spacial score (nSPS) is 17.0. The summed E-state index contributed by atoms with van der Waals surface area (Å²) in [6, 6.07) is 0. The zero-order chi connectivity index (χ0) is 15.3. The number of ether oxygens (including phenoxy) is 1. The molecule has 0 spiro atoms. The van der Waals surface area contributed by atoms with Crippen LogP contribution < -0.4 is 5.32 Å². The fourth-order valence-electron chi connectivity index (χ4n) is 2.38. The van der Waals surface area contributed by atoms with E-state index in [0.717, 1.165) is 39.0 Å². The molecule has 21 heavy (non-hydrogen) atoms. The second-order valence-corrected chi connectivity index (χ2v) is 7.48. The van der Waals surface area contributed by atoms with E-state index in [0.29, 0.717) is 5.92 Å². The molecule has 6 heteroatoms. The predicted octanol–water partition coefficient (Wildman–Crippen LogP) is 2.88. The molecule has 0 radical (unpaired) electrons. The van der Waals surface area contributed by atoms with Crippen molar-refractivity contribution in [2.75, 3.05) is 19.6 Å². The fourth-order valence-corrected chi connectivity index (χ4v) is 2.94. The average Bonchev–Trinajstić information content (AvgIpc) is 2.91. The molecule has 1 N–H and O–H groups in total. The summed E-state index contributed by atoms with van der Waals surface area (Å²) in [5, 5.41) is 3.48. The number of carbonyl (C=O) groups excluding carboxylic acids is 1. The van der Waals surface area contributed by atoms with E-state index in [2.05, 4.69) is 10.3 Å². The van der Waals surface area contributed by atoms with Crippen LogP contribution >= 0.6 is 11.3 Å². The summed E-state index contributed by atoms with van der Waals surface area (Å²) >= 11 is 1.68. The molecule has 1 aliphatic rings. The van der Waals surface area contributed by atoms with Gasteiger partial charge in [0.25, 0.3) is 0 Å². The molecule has 0 bridgehead atoms. The first-order chi connectivity index (χ1) is 9.94. The van der Waals surface area contributed by atoms with Crippen molar-refractivity contribution in [2.45, 2.75) is 45.8 Å². The lowest BCUT2D eigenvalue weighted by Crippen LogP contribution is -2.43. The number of aromatic nitrogens is 1. The zero-order valence-corrected chi connectivity index (χ0v) is 13.9. The van der Waals surface area contributed by atoms with E-state index >= 15 is 0 Å². The van der Waals surface area contributed by atoms with Crippen molar-refractivity contribution in [3.8, 4) is 0 Å². The van der Waals surface area contributed by atoms with Crippen LogP contribution in [-0.4, -0.2) is 41.2 Å². The number of piperidine rings is 1. The summed E-state index contributed by atoms with van der Waals surface area (Å²) in [7, 11) is 0. The second-order valence-electron chi connectivity index (χ2n) is 6.51. The Balaban J connectivity index is 1.65. The Bertz CT molecular complexity index is 434. The highest BCUT2D eigenvalue weighted by Gasteiger charge is 2.26. The van der Waals surface area contributed by atoms with E-state index in [1.54, 1.807) is 11.3 Å². The third-order valence-electron chi connectivity index (χ3n) is 3.48. The Morgan fingerprint density at radius 3 is 2.76 bits per heavy atom. The van der Waals surface area contributed by atoms with Crippen LogP contribution in [0.4, 0.5) is 4.79 Å². The highest BCUT2D eigenvalue weighted by atomic mass is 32.1. The molecule has 1 aromatic rings. The molecule has 1 aromatic heterocycles. The molecule has 1 fully saturated rings. The number of nitrogens with one attached hydrogen (secondary N) is 1. The van der Waals surface area contributed by atoms with E-state index in [4.69, 9.17) is 4.74 Å². The summed E-state index contributed by atoms with van der Waals surface area (Å²) in [4.78, 5) is 19.1. The Morgan fingerprint density at radius 1 is 1.48 bits per heavy atom. The predicted molar refractivity (Wildman–Crippen MR) is 84.4 cm³/mol. The van der Waals surface area contributed by atoms with Gasteiger partial charge in [-0.3, -0.25) is 4.98 Å². The largest absolute Gasteiger partial charge is 0.444 e. The SMILES string of the molecule is CC(C)(C)OC(=O)N1CCC(CNCc2cncs2)CC1. The van der Waals surface area contributed by atoms with Crippen molar-refractivity contribution in [2.24, 2.45) is 5.92 Å². The molecule has 1 aliphatic heterocycles. The Kier molecular flexibility index (Phi) is 5.58. The van der Waals surface area contributed by atoms with Crippen molar-refractivity contribution < 1.29 is 9.53 Å². The van der Waals surface area contributed by atoms with Gasteiger partial charge in [0, 0.05) is 30.7 Å². The van der Waals surface area contributed by atoms with Crippen molar-refractivity contribution in [1.82, 2.24) is 15.2 Å². The maximum atomic E-state index is 12.0. The maximum Gasteiger partial charge on any atom is 0.410 e. The van der Waals surface area contributed by atoms with Crippen LogP contribution in [0.3, 0.4) is 0 Å². The lowest BCUT2D eigenvalue weighted by atomic mass is 9.97. The van der Waals surface area contributed by atoms with Crippen molar-refractivity contribution >= 4 is 17.4 Å². The first-order valence-electron chi connectivity index (χ1n) is 7.50. The van der Waals surface area contributed by atoms with E-state index in [-0.39, 0.29) is 6.09 Å². The summed E-state index contributed by atoms with van der Waals surface area (Å²) in [5.41, 5.74) is 1.45. The van der Waals surface area contributed by atoms with Gasteiger partial charge in [0.05, 0.1) is 5.51 Å². The standard InChI is InChI=1S/C15H25N3O2S/c1-15(2,3)20-14(19)18-6-4-12(5-7-18)8-16-9-13-10-17-11-21-13/h10-12,16H,4-9H2,1-3H3. The minimum atomic E-state index is -0.412. The van der Waals surface area contributed by atoms with Crippen LogP contribution in [0, 0.1) is 5.92 Å². The summed E-state index contributed by atoms with van der Waals surface area (Å²) in [6.45, 7) is 9.18. The van der Waals surface area contributed by atoms with Crippen LogP contribution in [0.1, 0.15) is 38.5 Å². The quantitative estimate of drug-likeness (QED) is 0.929. The minimum absolute atomic E-state index is 0.182. The van der Waals surface area contributed by atoms with Gasteiger partial charge in [-0.15, -0.1) is 11.3 Å². The van der Waals surface area contributed by atoms with Crippen molar-refractivity contribution in [3.63, 3.8) is 0 Å². The van der Waals surface area contributed by atoms with Gasteiger partial charge >= 0.3 is 6.09 Å². The number of thiazole rings is 1. The molecule has 5 nitrogen and oxygen atoms in total. The Morgan fingerprint density at radius 2 is 2.19 bits per heavy atom. The minimum Gasteiger partial charge on any atom is -0.444 e. The number of nitrogens with zero attached hydrogens (tertiary/aromatic N) is 2. The van der Waals surface area contributed by atoms with Gasteiger partial charge in [-0.1, -0.05) is 0 Å². The molecule has 0 aromatic carbocycles. The summed E-state index contributed by atoms with van der Waals surface area (Å²) < 4.78 is 5.41. The second kappa shape index (κ2) is 7.22. The van der Waals surface area contributed by atoms with E-state index in [1.165, 1.54) is 4.88 Å². The summed E-state index contributed by atoms with van der Waals surface area (Å²) in [6.07, 6.45) is 3.80. The van der Waals surface area contributed by atoms with Crippen LogP contribution in [0.2, 0.25) is 0 Å². The number of carbonyl (C=O) groups is 1. The van der Waals surface area contributed by atoms with Gasteiger partial charge in [-0.25, -0.2) is 4.79 Å². The number of likely N-dealkylation sites (tertiary alicyclic amines) is 1. The topological polar surface area (TPSA) is 54.5 Å². The maximum absolute atomic E-state index is 12.0. The molecule has 0 saturated carbocycles. The highest BCUT2D eigenvalue weighted by molar-refractivity contribution is 7.09. The van der Waals surface area contributed by atoms with Gasteiger partial charge in [0.2, 0.25) is 0 Å². The monoisotopic (exact) mass is 311 g/mol. The highest BCUT2D eigenvalue weighted by Crippen LogP contribution is 2.19. The van der Waals surface area contributed by atoms with Gasteiger partial charge in [-0.05, 0) is 46.1 Å².